The van der Waals surface area contributed by atoms with Gasteiger partial charge in [-0.15, -0.1) is 0 Å². The van der Waals surface area contributed by atoms with Crippen molar-refractivity contribution < 1.29 is 24.2 Å². The molecular formula is C22H22N2O5. The molecular weight excluding hydrogens is 372 g/mol. The van der Waals surface area contributed by atoms with Crippen LogP contribution in [0, 0.1) is 0 Å². The van der Waals surface area contributed by atoms with Crippen molar-refractivity contribution in [3.63, 3.8) is 0 Å². The summed E-state index contributed by atoms with van der Waals surface area (Å²) in [6, 6.07) is 14.5. The number of benzene rings is 2. The lowest BCUT2D eigenvalue weighted by Crippen LogP contribution is -2.57. The van der Waals surface area contributed by atoms with Gasteiger partial charge < -0.3 is 20.1 Å². The van der Waals surface area contributed by atoms with Crippen LogP contribution in [0.4, 0.5) is 0 Å². The summed E-state index contributed by atoms with van der Waals surface area (Å²) < 4.78 is 5.71. The van der Waals surface area contributed by atoms with E-state index in [9.17, 15) is 19.5 Å². The van der Waals surface area contributed by atoms with Crippen molar-refractivity contribution in [1.29, 1.82) is 0 Å². The van der Waals surface area contributed by atoms with Crippen LogP contribution in [0.3, 0.4) is 0 Å². The van der Waals surface area contributed by atoms with Gasteiger partial charge in [-0.25, -0.2) is 4.79 Å². The van der Waals surface area contributed by atoms with Crippen molar-refractivity contribution in [2.75, 3.05) is 0 Å². The van der Waals surface area contributed by atoms with E-state index in [2.05, 4.69) is 5.32 Å². The van der Waals surface area contributed by atoms with Crippen LogP contribution in [0.2, 0.25) is 0 Å². The molecule has 29 heavy (non-hydrogen) atoms. The van der Waals surface area contributed by atoms with Gasteiger partial charge in [-0.2, -0.15) is 0 Å². The van der Waals surface area contributed by atoms with E-state index in [0.717, 1.165) is 0 Å². The summed E-state index contributed by atoms with van der Waals surface area (Å²) in [5.74, 6) is -0.346. The highest BCUT2D eigenvalue weighted by molar-refractivity contribution is 5.98. The molecule has 0 aromatic heterocycles. The second-order valence-electron chi connectivity index (χ2n) is 7.37. The first-order chi connectivity index (χ1) is 14.0. The van der Waals surface area contributed by atoms with Crippen LogP contribution in [0.1, 0.15) is 36.0 Å². The SMILES string of the molecule is O=C(NC1CCC2CC[C@@H](C(=O)O)N2C1=O)c1ccc(Oc2ccccc2)cc1. The smallest absolute Gasteiger partial charge is 0.326 e. The van der Waals surface area contributed by atoms with E-state index in [1.165, 1.54) is 4.90 Å². The number of carboxylic acid groups (broad SMARTS) is 1. The molecule has 150 valence electrons. The quantitative estimate of drug-likeness (QED) is 0.813. The van der Waals surface area contributed by atoms with E-state index in [1.54, 1.807) is 24.3 Å². The number of ether oxygens (including phenoxy) is 1. The van der Waals surface area contributed by atoms with Crippen molar-refractivity contribution in [2.45, 2.75) is 43.8 Å². The van der Waals surface area contributed by atoms with Gasteiger partial charge in [-0.3, -0.25) is 9.59 Å². The Morgan fingerprint density at radius 2 is 1.59 bits per heavy atom. The van der Waals surface area contributed by atoms with Gasteiger partial charge in [0.05, 0.1) is 0 Å². The van der Waals surface area contributed by atoms with Crippen LogP contribution in [-0.2, 0) is 9.59 Å². The molecule has 0 saturated carbocycles. The second-order valence-corrected chi connectivity index (χ2v) is 7.37. The van der Waals surface area contributed by atoms with Crippen LogP contribution < -0.4 is 10.1 Å². The van der Waals surface area contributed by atoms with Crippen molar-refractivity contribution >= 4 is 17.8 Å². The van der Waals surface area contributed by atoms with E-state index in [1.807, 2.05) is 30.3 Å². The number of amides is 2. The Morgan fingerprint density at radius 1 is 0.931 bits per heavy atom. The molecule has 0 radical (unpaired) electrons. The fourth-order valence-corrected chi connectivity index (χ4v) is 4.08. The number of nitrogens with zero attached hydrogens (tertiary/aromatic N) is 1. The minimum absolute atomic E-state index is 0.0360. The first-order valence-electron chi connectivity index (χ1n) is 9.72. The van der Waals surface area contributed by atoms with Gasteiger partial charge in [0.1, 0.15) is 23.6 Å². The van der Waals surface area contributed by atoms with Gasteiger partial charge in [0.25, 0.3) is 5.91 Å². The predicted octanol–water partition coefficient (Wildman–Crippen LogP) is 2.82. The summed E-state index contributed by atoms with van der Waals surface area (Å²) in [6.07, 6.45) is 2.39. The molecule has 0 bridgehead atoms. The number of para-hydroxylation sites is 1. The molecule has 4 rings (SSSR count). The van der Waals surface area contributed by atoms with E-state index in [4.69, 9.17) is 4.74 Å². The molecule has 0 aliphatic carbocycles. The Balaban J connectivity index is 1.40. The molecule has 7 nitrogen and oxygen atoms in total. The Bertz CT molecular complexity index is 913. The van der Waals surface area contributed by atoms with E-state index in [0.29, 0.717) is 42.7 Å². The maximum absolute atomic E-state index is 12.8. The zero-order chi connectivity index (χ0) is 20.4. The Labute approximate surface area is 168 Å². The minimum Gasteiger partial charge on any atom is -0.480 e. The molecule has 2 aliphatic heterocycles. The summed E-state index contributed by atoms with van der Waals surface area (Å²) in [6.45, 7) is 0. The van der Waals surface area contributed by atoms with Crippen LogP contribution in [-0.4, -0.2) is 45.9 Å². The monoisotopic (exact) mass is 394 g/mol. The number of aliphatic carboxylic acids is 1. The number of nitrogens with one attached hydrogen (secondary N) is 1. The van der Waals surface area contributed by atoms with Crippen LogP contribution in [0.25, 0.3) is 0 Å². The molecule has 7 heteroatoms. The molecule has 2 amide bonds. The van der Waals surface area contributed by atoms with Gasteiger partial charge in [-0.1, -0.05) is 18.2 Å². The highest BCUT2D eigenvalue weighted by Crippen LogP contribution is 2.32. The first-order valence-corrected chi connectivity index (χ1v) is 9.72. The Hall–Kier alpha value is -3.35. The highest BCUT2D eigenvalue weighted by Gasteiger charge is 2.46. The van der Waals surface area contributed by atoms with Crippen molar-refractivity contribution in [3.05, 3.63) is 60.2 Å². The van der Waals surface area contributed by atoms with Gasteiger partial charge in [0.15, 0.2) is 0 Å². The number of carbonyl (C=O) groups excluding carboxylic acids is 2. The number of fused-ring (bicyclic) bond motifs is 1. The number of carbonyl (C=O) groups is 3. The molecule has 2 aromatic rings. The molecule has 2 fully saturated rings. The van der Waals surface area contributed by atoms with Crippen LogP contribution in [0.15, 0.2) is 54.6 Å². The van der Waals surface area contributed by atoms with Gasteiger partial charge >= 0.3 is 5.97 Å². The summed E-state index contributed by atoms with van der Waals surface area (Å²) in [5, 5.41) is 12.1. The lowest BCUT2D eigenvalue weighted by Gasteiger charge is -2.37. The zero-order valence-electron chi connectivity index (χ0n) is 15.8. The number of piperidine rings is 1. The molecule has 2 aromatic carbocycles. The van der Waals surface area contributed by atoms with Crippen molar-refractivity contribution in [2.24, 2.45) is 0 Å². The third-order valence-corrected chi connectivity index (χ3v) is 5.53. The standard InChI is InChI=1S/C22H22N2O5/c25-20(14-6-10-17(11-7-14)29-16-4-2-1-3-5-16)23-18-12-8-15-9-13-19(22(27)28)24(15)21(18)26/h1-7,10-11,15,18-19H,8-9,12-13H2,(H,23,25)(H,27,28)/t15?,18?,19-/m0/s1. The van der Waals surface area contributed by atoms with Gasteiger partial charge in [0, 0.05) is 11.6 Å². The largest absolute Gasteiger partial charge is 0.480 e. The molecule has 0 spiro atoms. The van der Waals surface area contributed by atoms with Crippen molar-refractivity contribution in [3.8, 4) is 11.5 Å². The number of hydrogen-bond acceptors (Lipinski definition) is 4. The van der Waals surface area contributed by atoms with Crippen LogP contribution >= 0.6 is 0 Å². The van der Waals surface area contributed by atoms with Gasteiger partial charge in [0.2, 0.25) is 5.91 Å². The molecule has 2 heterocycles. The van der Waals surface area contributed by atoms with E-state index >= 15 is 0 Å². The Kier molecular flexibility index (Phi) is 5.20. The zero-order valence-corrected chi connectivity index (χ0v) is 15.8. The third-order valence-electron chi connectivity index (χ3n) is 5.53. The van der Waals surface area contributed by atoms with Gasteiger partial charge in [-0.05, 0) is 62.1 Å². The van der Waals surface area contributed by atoms with Crippen molar-refractivity contribution in [1.82, 2.24) is 10.2 Å². The number of carboxylic acids is 1. The summed E-state index contributed by atoms with van der Waals surface area (Å²) in [4.78, 5) is 38.2. The normalized spacial score (nSPS) is 23.4. The lowest BCUT2D eigenvalue weighted by molar-refractivity contribution is -0.152. The fraction of sp³-hybridized carbons (Fsp3) is 0.318. The molecule has 2 N–H and O–H groups in total. The summed E-state index contributed by atoms with van der Waals surface area (Å²) >= 11 is 0. The predicted molar refractivity (Wildman–Crippen MR) is 105 cm³/mol. The second kappa shape index (κ2) is 7.95. The summed E-state index contributed by atoms with van der Waals surface area (Å²) in [7, 11) is 0. The maximum Gasteiger partial charge on any atom is 0.326 e. The number of hydrogen-bond donors (Lipinski definition) is 2. The molecule has 2 unspecified atom stereocenters. The maximum atomic E-state index is 12.8. The summed E-state index contributed by atoms with van der Waals surface area (Å²) in [5.41, 5.74) is 0.413. The minimum atomic E-state index is -0.984. The molecule has 2 saturated heterocycles. The number of rotatable bonds is 5. The van der Waals surface area contributed by atoms with E-state index in [-0.39, 0.29) is 17.9 Å². The Morgan fingerprint density at radius 3 is 2.28 bits per heavy atom. The average Bonchev–Trinajstić information content (AvgIpc) is 3.17. The first kappa shape index (κ1) is 19.0. The highest BCUT2D eigenvalue weighted by atomic mass is 16.5. The molecule has 3 atom stereocenters. The fourth-order valence-electron chi connectivity index (χ4n) is 4.08. The topological polar surface area (TPSA) is 95.9 Å². The van der Waals surface area contributed by atoms with E-state index < -0.39 is 18.1 Å². The average molecular weight is 394 g/mol. The van der Waals surface area contributed by atoms with Crippen LogP contribution in [0.5, 0.6) is 11.5 Å². The third kappa shape index (κ3) is 3.94. The molecule has 2 aliphatic rings. The lowest BCUT2D eigenvalue weighted by atomic mass is 9.97.